The van der Waals surface area contributed by atoms with E-state index in [1.54, 1.807) is 6.08 Å². The van der Waals surface area contributed by atoms with Gasteiger partial charge in [-0.05, 0) is 57.8 Å². The number of likely N-dealkylation sites (N-methyl/N-ethyl adjacent to an activating group) is 1. The monoisotopic (exact) mass is 569 g/mol. The van der Waals surface area contributed by atoms with Gasteiger partial charge < -0.3 is 28.3 Å². The summed E-state index contributed by atoms with van der Waals surface area (Å²) in [5.41, 5.74) is 0. The Morgan fingerprint density at radius 2 is 1.38 bits per heavy atom. The van der Waals surface area contributed by atoms with Crippen LogP contribution in [0.5, 0.6) is 0 Å². The molecule has 2 unspecified atom stereocenters. The summed E-state index contributed by atoms with van der Waals surface area (Å²) < 4.78 is 28.8. The van der Waals surface area contributed by atoms with Crippen molar-refractivity contribution in [1.29, 1.82) is 0 Å². The maximum absolute atomic E-state index is 12.3. The molecule has 0 saturated heterocycles. The molecule has 0 rings (SSSR count). The largest absolute Gasteiger partial charge is 0.756 e. The Morgan fingerprint density at radius 3 is 1.87 bits per heavy atom. The number of phosphoric ester groups is 1. The summed E-state index contributed by atoms with van der Waals surface area (Å²) in [6.07, 6.45) is 28.4. The Hall–Kier alpha value is -1.31. The van der Waals surface area contributed by atoms with Gasteiger partial charge in [-0.15, -0.1) is 6.58 Å². The first-order chi connectivity index (χ1) is 18.6. The average molecular weight is 570 g/mol. The van der Waals surface area contributed by atoms with Crippen molar-refractivity contribution in [1.82, 2.24) is 0 Å². The number of ether oxygens (including phenoxy) is 1. The fourth-order valence-electron chi connectivity index (χ4n) is 3.49. The highest BCUT2D eigenvalue weighted by Gasteiger charge is 2.26. The molecule has 0 heterocycles. The molecule has 0 aromatic carbocycles. The number of rotatable bonds is 26. The molecule has 0 amide bonds. The molecule has 0 bridgehead atoms. The lowest BCUT2D eigenvalue weighted by Gasteiger charge is -2.32. The van der Waals surface area contributed by atoms with E-state index in [-0.39, 0.29) is 19.6 Å². The topological polar surface area (TPSA) is 88.1 Å². The lowest BCUT2D eigenvalue weighted by molar-refractivity contribution is -0.870. The van der Waals surface area contributed by atoms with Gasteiger partial charge >= 0.3 is 0 Å². The van der Waals surface area contributed by atoms with Crippen LogP contribution in [-0.2, 0) is 18.3 Å². The summed E-state index contributed by atoms with van der Waals surface area (Å²) in [5.74, 6) is 0. The standard InChI is InChI=1S/C31H56NO6P/c1-6-8-9-10-11-12-13-14-15-16-17-18-19-20-21-22-23-24-27-36-31(29-33)30(25-7-2)38-39(34,35)37-28-26-32(3,4)5/h7,11-12,14-15,17-18,20-21,30-31,33H,2,6,8-10,13,16,19,22-29H2,1,3-5H3/b12-11-,15-14-,18-17-,21-20-/t30?,31-/m0/s1. The molecule has 0 spiro atoms. The minimum Gasteiger partial charge on any atom is -0.756 e. The number of hydrogen-bond acceptors (Lipinski definition) is 6. The van der Waals surface area contributed by atoms with Gasteiger partial charge in [0.1, 0.15) is 19.3 Å². The van der Waals surface area contributed by atoms with Crippen molar-refractivity contribution >= 4 is 7.82 Å². The molecule has 0 aliphatic carbocycles. The number of phosphoric acid groups is 1. The van der Waals surface area contributed by atoms with E-state index in [1.165, 1.54) is 25.7 Å². The fraction of sp³-hybridized carbons (Fsp3) is 0.677. The van der Waals surface area contributed by atoms with E-state index in [0.29, 0.717) is 17.6 Å². The first-order valence-corrected chi connectivity index (χ1v) is 16.0. The van der Waals surface area contributed by atoms with Gasteiger partial charge in [0.05, 0.1) is 33.9 Å². The van der Waals surface area contributed by atoms with Crippen LogP contribution in [0.3, 0.4) is 0 Å². The molecule has 1 N–H and O–H groups in total. The van der Waals surface area contributed by atoms with Crippen LogP contribution in [-0.4, -0.2) is 69.3 Å². The van der Waals surface area contributed by atoms with Crippen LogP contribution in [0.4, 0.5) is 0 Å². The molecule has 0 aromatic heterocycles. The van der Waals surface area contributed by atoms with Crippen LogP contribution >= 0.6 is 7.82 Å². The summed E-state index contributed by atoms with van der Waals surface area (Å²) in [6, 6.07) is 0. The van der Waals surface area contributed by atoms with Crippen molar-refractivity contribution in [2.24, 2.45) is 0 Å². The highest BCUT2D eigenvalue weighted by atomic mass is 31.2. The molecular weight excluding hydrogens is 513 g/mol. The zero-order chi connectivity index (χ0) is 29.2. The third-order valence-electron chi connectivity index (χ3n) is 5.82. The van der Waals surface area contributed by atoms with Crippen LogP contribution in [0, 0.1) is 0 Å². The van der Waals surface area contributed by atoms with Crippen LogP contribution in [0.25, 0.3) is 0 Å². The lowest BCUT2D eigenvalue weighted by Crippen LogP contribution is -2.38. The predicted molar refractivity (Wildman–Crippen MR) is 161 cm³/mol. The molecule has 0 aromatic rings. The molecule has 226 valence electrons. The van der Waals surface area contributed by atoms with E-state index in [1.807, 2.05) is 21.1 Å². The molecule has 8 heteroatoms. The molecule has 0 aliphatic rings. The van der Waals surface area contributed by atoms with Gasteiger partial charge in [0, 0.05) is 6.61 Å². The number of unbranched alkanes of at least 4 members (excludes halogenated alkanes) is 5. The summed E-state index contributed by atoms with van der Waals surface area (Å²) in [4.78, 5) is 12.3. The highest BCUT2D eigenvalue weighted by molar-refractivity contribution is 7.45. The van der Waals surface area contributed by atoms with Crippen molar-refractivity contribution in [3.05, 3.63) is 61.3 Å². The van der Waals surface area contributed by atoms with Gasteiger partial charge in [-0.3, -0.25) is 4.57 Å². The smallest absolute Gasteiger partial charge is 0.268 e. The summed E-state index contributed by atoms with van der Waals surface area (Å²) in [6.45, 7) is 6.48. The minimum absolute atomic E-state index is 0.0210. The lowest BCUT2D eigenvalue weighted by atomic mass is 10.1. The van der Waals surface area contributed by atoms with Crippen LogP contribution in [0.2, 0.25) is 0 Å². The SMILES string of the molecule is C=CCC(OP(=O)([O-])OCC[N+](C)(C)C)[C@H](CO)OCCCC/C=C\C/C=C\C/C=C\C/C=C\CCCCC. The van der Waals surface area contributed by atoms with E-state index in [0.717, 1.165) is 38.5 Å². The molecule has 7 nitrogen and oxygen atoms in total. The summed E-state index contributed by atoms with van der Waals surface area (Å²) in [5, 5.41) is 9.76. The van der Waals surface area contributed by atoms with Gasteiger partial charge in [0.2, 0.25) is 0 Å². The first-order valence-electron chi connectivity index (χ1n) is 14.5. The van der Waals surface area contributed by atoms with Crippen molar-refractivity contribution in [2.45, 2.75) is 89.8 Å². The number of aliphatic hydroxyl groups is 1. The third kappa shape index (κ3) is 25.4. The highest BCUT2D eigenvalue weighted by Crippen LogP contribution is 2.41. The van der Waals surface area contributed by atoms with Crippen molar-refractivity contribution in [3.8, 4) is 0 Å². The quantitative estimate of drug-likeness (QED) is 0.0542. The molecule has 0 fully saturated rings. The predicted octanol–water partition coefficient (Wildman–Crippen LogP) is 6.66. The van der Waals surface area contributed by atoms with E-state index in [2.05, 4.69) is 62.1 Å². The molecule has 39 heavy (non-hydrogen) atoms. The van der Waals surface area contributed by atoms with Crippen molar-refractivity contribution in [2.75, 3.05) is 47.5 Å². The number of quaternary nitrogens is 1. The zero-order valence-corrected chi connectivity index (χ0v) is 25.9. The van der Waals surface area contributed by atoms with Gasteiger partial charge in [-0.2, -0.15) is 0 Å². The van der Waals surface area contributed by atoms with Crippen molar-refractivity contribution in [3.63, 3.8) is 0 Å². The summed E-state index contributed by atoms with van der Waals surface area (Å²) in [7, 11) is 1.30. The molecule has 3 atom stereocenters. The van der Waals surface area contributed by atoms with Gasteiger partial charge in [-0.25, -0.2) is 0 Å². The maximum Gasteiger partial charge on any atom is 0.268 e. The van der Waals surface area contributed by atoms with Crippen molar-refractivity contribution < 1.29 is 32.8 Å². The van der Waals surface area contributed by atoms with Crippen LogP contribution in [0.15, 0.2) is 61.3 Å². The molecule has 0 saturated carbocycles. The van der Waals surface area contributed by atoms with E-state index >= 15 is 0 Å². The minimum atomic E-state index is -4.53. The Morgan fingerprint density at radius 1 is 0.846 bits per heavy atom. The third-order valence-corrected chi connectivity index (χ3v) is 6.85. The zero-order valence-electron chi connectivity index (χ0n) is 25.0. The Balaban J connectivity index is 4.11. The Labute approximate surface area is 239 Å². The number of nitrogens with zero attached hydrogens (tertiary/aromatic N) is 1. The van der Waals surface area contributed by atoms with Gasteiger partial charge in [0.25, 0.3) is 7.82 Å². The van der Waals surface area contributed by atoms with E-state index in [4.69, 9.17) is 13.8 Å². The number of allylic oxidation sites excluding steroid dienone is 8. The summed E-state index contributed by atoms with van der Waals surface area (Å²) >= 11 is 0. The second kappa shape index (κ2) is 24.5. The fourth-order valence-corrected chi connectivity index (χ4v) is 4.41. The molecular formula is C31H56NO6P. The second-order valence-electron chi connectivity index (χ2n) is 10.6. The first kappa shape index (κ1) is 37.7. The van der Waals surface area contributed by atoms with E-state index in [9.17, 15) is 14.6 Å². The second-order valence-corrected chi connectivity index (χ2v) is 12.0. The number of hydrogen-bond donors (Lipinski definition) is 1. The van der Waals surface area contributed by atoms with Crippen LogP contribution in [0.1, 0.15) is 77.6 Å². The Bertz CT molecular complexity index is 757. The molecule has 0 aliphatic heterocycles. The number of aliphatic hydroxyl groups excluding tert-OH is 1. The van der Waals surface area contributed by atoms with E-state index < -0.39 is 20.0 Å². The van der Waals surface area contributed by atoms with Gasteiger partial charge in [0.15, 0.2) is 0 Å². The van der Waals surface area contributed by atoms with Gasteiger partial charge in [-0.1, -0.05) is 74.4 Å². The maximum atomic E-state index is 12.3. The van der Waals surface area contributed by atoms with Crippen LogP contribution < -0.4 is 4.89 Å². The molecule has 0 radical (unpaired) electrons. The average Bonchev–Trinajstić information content (AvgIpc) is 2.86. The normalized spacial score (nSPS) is 16.1. The Kier molecular flexibility index (Phi) is 23.7.